The number of hydrogen-bond donors (Lipinski definition) is 2. The summed E-state index contributed by atoms with van der Waals surface area (Å²) < 4.78 is 0. The highest BCUT2D eigenvalue weighted by Gasteiger charge is 2.40. The van der Waals surface area contributed by atoms with Crippen LogP contribution in [0.3, 0.4) is 0 Å². The molecule has 0 saturated carbocycles. The maximum Gasteiger partial charge on any atom is 0.315 e. The zero-order chi connectivity index (χ0) is 10.9. The Morgan fingerprint density at radius 1 is 1.71 bits per heavy atom. The lowest BCUT2D eigenvalue weighted by molar-refractivity contribution is -0.145. The zero-order valence-electron chi connectivity index (χ0n) is 8.87. The third kappa shape index (κ3) is 1.48. The van der Waals surface area contributed by atoms with Crippen LogP contribution in [0.15, 0.2) is 23.3 Å². The Kier molecular flexibility index (Phi) is 2.81. The van der Waals surface area contributed by atoms with E-state index >= 15 is 0 Å². The van der Waals surface area contributed by atoms with Crippen molar-refractivity contribution in [3.05, 3.63) is 23.3 Å². The molecule has 0 radical (unpaired) electrons. The Hall–Kier alpha value is -1.09. The van der Waals surface area contributed by atoms with Gasteiger partial charge in [0.1, 0.15) is 5.41 Å². The molecule has 0 saturated heterocycles. The quantitative estimate of drug-likeness (QED) is 0.705. The lowest BCUT2D eigenvalue weighted by Gasteiger charge is -2.34. The van der Waals surface area contributed by atoms with Crippen LogP contribution in [0.5, 0.6) is 0 Å². The third-order valence-electron chi connectivity index (χ3n) is 3.05. The first-order chi connectivity index (χ1) is 6.43. The molecule has 14 heavy (non-hydrogen) atoms. The number of aliphatic carboxylic acids is 1. The van der Waals surface area contributed by atoms with Gasteiger partial charge in [0, 0.05) is 6.04 Å². The topological polar surface area (TPSA) is 63.3 Å². The molecule has 0 aromatic rings. The van der Waals surface area contributed by atoms with Gasteiger partial charge in [-0.2, -0.15) is 0 Å². The summed E-state index contributed by atoms with van der Waals surface area (Å²) in [6, 6.07) is -0.407. The Balaban J connectivity index is 3.14. The van der Waals surface area contributed by atoms with Gasteiger partial charge < -0.3 is 10.8 Å². The van der Waals surface area contributed by atoms with Crippen molar-refractivity contribution in [1.29, 1.82) is 0 Å². The molecule has 2 unspecified atom stereocenters. The molecule has 0 spiro atoms. The molecule has 2 atom stereocenters. The third-order valence-corrected chi connectivity index (χ3v) is 3.05. The van der Waals surface area contributed by atoms with E-state index in [0.29, 0.717) is 0 Å². The van der Waals surface area contributed by atoms with E-state index in [9.17, 15) is 4.79 Å². The molecule has 0 aromatic carbocycles. The number of carboxylic acid groups (broad SMARTS) is 1. The fourth-order valence-corrected chi connectivity index (χ4v) is 1.82. The average molecular weight is 195 g/mol. The van der Waals surface area contributed by atoms with E-state index in [1.165, 1.54) is 0 Å². The second kappa shape index (κ2) is 3.58. The van der Waals surface area contributed by atoms with Crippen molar-refractivity contribution in [2.75, 3.05) is 0 Å². The lowest BCUT2D eigenvalue weighted by atomic mass is 9.73. The van der Waals surface area contributed by atoms with Gasteiger partial charge in [-0.05, 0) is 25.8 Å². The number of carbonyl (C=O) groups is 1. The van der Waals surface area contributed by atoms with E-state index in [0.717, 1.165) is 17.6 Å². The van der Waals surface area contributed by atoms with E-state index in [2.05, 4.69) is 0 Å². The van der Waals surface area contributed by atoms with Crippen LogP contribution in [-0.2, 0) is 4.79 Å². The van der Waals surface area contributed by atoms with E-state index in [1.807, 2.05) is 19.9 Å². The molecule has 0 fully saturated rings. The maximum atomic E-state index is 11.1. The zero-order valence-corrected chi connectivity index (χ0v) is 8.87. The van der Waals surface area contributed by atoms with E-state index in [4.69, 9.17) is 10.8 Å². The van der Waals surface area contributed by atoms with Gasteiger partial charge in [0.05, 0.1) is 0 Å². The molecule has 0 heterocycles. The highest BCUT2D eigenvalue weighted by Crippen LogP contribution is 2.34. The minimum Gasteiger partial charge on any atom is -0.481 e. The number of allylic oxidation sites excluding steroid dienone is 2. The second-order valence-electron chi connectivity index (χ2n) is 3.96. The van der Waals surface area contributed by atoms with Gasteiger partial charge in [-0.1, -0.05) is 24.6 Å². The van der Waals surface area contributed by atoms with Crippen LogP contribution in [0.25, 0.3) is 0 Å². The summed E-state index contributed by atoms with van der Waals surface area (Å²) in [6.45, 7) is 5.63. The van der Waals surface area contributed by atoms with Gasteiger partial charge in [0.15, 0.2) is 0 Å². The normalized spacial score (nSPS) is 32.1. The standard InChI is InChI=1S/C11H17NO2/c1-4-8-7(2)5-6-11(3,9(8)12)10(13)14/h5-6,9H,4,12H2,1-3H3,(H,13,14). The Labute approximate surface area is 84.3 Å². The lowest BCUT2D eigenvalue weighted by Crippen LogP contribution is -2.46. The molecule has 3 nitrogen and oxygen atoms in total. The van der Waals surface area contributed by atoms with Crippen molar-refractivity contribution in [2.45, 2.75) is 33.2 Å². The summed E-state index contributed by atoms with van der Waals surface area (Å²) in [6.07, 6.45) is 4.35. The molecule has 1 rings (SSSR count). The van der Waals surface area contributed by atoms with Crippen LogP contribution in [0.1, 0.15) is 27.2 Å². The van der Waals surface area contributed by atoms with E-state index in [-0.39, 0.29) is 0 Å². The van der Waals surface area contributed by atoms with Gasteiger partial charge in [0.2, 0.25) is 0 Å². The molecular weight excluding hydrogens is 178 g/mol. The first kappa shape index (κ1) is 11.0. The Bertz CT molecular complexity index is 317. The maximum absolute atomic E-state index is 11.1. The largest absolute Gasteiger partial charge is 0.481 e. The molecule has 1 aliphatic carbocycles. The first-order valence-corrected chi connectivity index (χ1v) is 4.81. The fraction of sp³-hybridized carbons (Fsp3) is 0.545. The Morgan fingerprint density at radius 2 is 2.29 bits per heavy atom. The molecule has 0 aromatic heterocycles. The highest BCUT2D eigenvalue weighted by atomic mass is 16.4. The summed E-state index contributed by atoms with van der Waals surface area (Å²) in [5, 5.41) is 9.11. The number of carboxylic acids is 1. The summed E-state index contributed by atoms with van der Waals surface area (Å²) >= 11 is 0. The van der Waals surface area contributed by atoms with Crippen molar-refractivity contribution < 1.29 is 9.90 Å². The Morgan fingerprint density at radius 3 is 2.71 bits per heavy atom. The van der Waals surface area contributed by atoms with Crippen LogP contribution >= 0.6 is 0 Å². The molecule has 0 amide bonds. The summed E-state index contributed by atoms with van der Waals surface area (Å²) in [5.41, 5.74) is 7.15. The molecule has 3 heteroatoms. The summed E-state index contributed by atoms with van der Waals surface area (Å²) in [7, 11) is 0. The molecule has 1 aliphatic rings. The summed E-state index contributed by atoms with van der Waals surface area (Å²) in [5.74, 6) is -0.861. The van der Waals surface area contributed by atoms with Crippen LogP contribution in [-0.4, -0.2) is 17.1 Å². The average Bonchev–Trinajstić information content (AvgIpc) is 2.13. The van der Waals surface area contributed by atoms with Gasteiger partial charge in [-0.15, -0.1) is 0 Å². The monoisotopic (exact) mass is 195 g/mol. The summed E-state index contributed by atoms with van der Waals surface area (Å²) in [4.78, 5) is 11.1. The molecular formula is C11H17NO2. The van der Waals surface area contributed by atoms with Crippen LogP contribution < -0.4 is 5.73 Å². The fourth-order valence-electron chi connectivity index (χ4n) is 1.82. The molecule has 0 bridgehead atoms. The number of hydrogen-bond acceptors (Lipinski definition) is 2. The van der Waals surface area contributed by atoms with E-state index < -0.39 is 17.4 Å². The second-order valence-corrected chi connectivity index (χ2v) is 3.96. The number of nitrogens with two attached hydrogens (primary N) is 1. The van der Waals surface area contributed by atoms with Crippen molar-refractivity contribution >= 4 is 5.97 Å². The van der Waals surface area contributed by atoms with Crippen LogP contribution in [0, 0.1) is 5.41 Å². The molecule has 3 N–H and O–H groups in total. The predicted octanol–water partition coefficient (Wildman–Crippen LogP) is 1.70. The van der Waals surface area contributed by atoms with Crippen molar-refractivity contribution in [1.82, 2.24) is 0 Å². The SMILES string of the molecule is CCC1=C(C)C=CC(C)(C(=O)O)C1N. The minimum absolute atomic E-state index is 0.407. The van der Waals surface area contributed by atoms with Gasteiger partial charge in [0.25, 0.3) is 0 Å². The molecule has 0 aliphatic heterocycles. The van der Waals surface area contributed by atoms with Crippen molar-refractivity contribution in [2.24, 2.45) is 11.1 Å². The number of rotatable bonds is 2. The smallest absolute Gasteiger partial charge is 0.315 e. The van der Waals surface area contributed by atoms with Gasteiger partial charge in [-0.25, -0.2) is 0 Å². The predicted molar refractivity (Wildman–Crippen MR) is 55.8 cm³/mol. The van der Waals surface area contributed by atoms with Crippen molar-refractivity contribution in [3.8, 4) is 0 Å². The van der Waals surface area contributed by atoms with Crippen LogP contribution in [0.2, 0.25) is 0 Å². The van der Waals surface area contributed by atoms with Crippen molar-refractivity contribution in [3.63, 3.8) is 0 Å². The van der Waals surface area contributed by atoms with Gasteiger partial charge in [-0.3, -0.25) is 4.79 Å². The molecule has 78 valence electrons. The highest BCUT2D eigenvalue weighted by molar-refractivity contribution is 5.79. The van der Waals surface area contributed by atoms with Crippen LogP contribution in [0.4, 0.5) is 0 Å². The van der Waals surface area contributed by atoms with Gasteiger partial charge >= 0.3 is 5.97 Å². The first-order valence-electron chi connectivity index (χ1n) is 4.81. The minimum atomic E-state index is -0.954. The van der Waals surface area contributed by atoms with E-state index in [1.54, 1.807) is 13.0 Å².